The van der Waals surface area contributed by atoms with Crippen molar-refractivity contribution >= 4 is 22.0 Å². The Kier molecular flexibility index (Phi) is 6.25. The minimum absolute atomic E-state index is 0.0369. The van der Waals surface area contributed by atoms with E-state index in [-0.39, 0.29) is 55.9 Å². The zero-order chi connectivity index (χ0) is 25.8. The highest BCUT2D eigenvalue weighted by molar-refractivity contribution is 7.86. The van der Waals surface area contributed by atoms with Gasteiger partial charge in [-0.05, 0) is 42.9 Å². The van der Waals surface area contributed by atoms with Gasteiger partial charge < -0.3 is 10.2 Å². The predicted octanol–water partition coefficient (Wildman–Crippen LogP) is 1.33. The summed E-state index contributed by atoms with van der Waals surface area (Å²) in [5.74, 6) is -1.50. The van der Waals surface area contributed by atoms with Gasteiger partial charge in [0, 0.05) is 38.8 Å². The molecule has 3 unspecified atom stereocenters. The molecule has 13 heteroatoms. The van der Waals surface area contributed by atoms with E-state index < -0.39 is 33.9 Å². The molecule has 3 aliphatic heterocycles. The molecule has 1 N–H and O–H groups in total. The van der Waals surface area contributed by atoms with Crippen LogP contribution in [0.5, 0.6) is 0 Å². The minimum Gasteiger partial charge on any atom is -0.350 e. The lowest BCUT2D eigenvalue weighted by Gasteiger charge is -2.37. The summed E-state index contributed by atoms with van der Waals surface area (Å²) in [6.07, 6.45) is -2.73. The van der Waals surface area contributed by atoms with E-state index in [9.17, 15) is 31.2 Å². The Labute approximate surface area is 207 Å². The number of hydrogen-bond acceptors (Lipinski definition) is 5. The van der Waals surface area contributed by atoms with Crippen LogP contribution in [0.3, 0.4) is 0 Å². The molecule has 2 amide bonds. The summed E-state index contributed by atoms with van der Waals surface area (Å²) in [5, 5.41) is 11.7. The normalized spacial score (nSPS) is 28.9. The monoisotopic (exact) mass is 525 g/mol. The molecule has 4 fully saturated rings. The second-order valence-corrected chi connectivity index (χ2v) is 11.8. The van der Waals surface area contributed by atoms with Gasteiger partial charge in [-0.25, -0.2) is 0 Å². The molecule has 5 rings (SSSR count). The Hall–Kier alpha value is -2.69. The van der Waals surface area contributed by atoms with Gasteiger partial charge in [0.15, 0.2) is 0 Å². The number of likely N-dealkylation sites (tertiary alicyclic amines) is 1. The number of halogens is 3. The lowest BCUT2D eigenvalue weighted by atomic mass is 10.0. The van der Waals surface area contributed by atoms with Gasteiger partial charge in [0.1, 0.15) is 6.04 Å². The van der Waals surface area contributed by atoms with Crippen molar-refractivity contribution in [3.05, 3.63) is 35.4 Å². The van der Waals surface area contributed by atoms with Gasteiger partial charge in [-0.3, -0.25) is 9.59 Å². The van der Waals surface area contributed by atoms with Crippen molar-refractivity contribution in [3.8, 4) is 6.07 Å². The Morgan fingerprint density at radius 1 is 1.14 bits per heavy atom. The van der Waals surface area contributed by atoms with Crippen LogP contribution in [0.2, 0.25) is 0 Å². The van der Waals surface area contributed by atoms with Crippen molar-refractivity contribution in [2.75, 3.05) is 26.2 Å². The summed E-state index contributed by atoms with van der Waals surface area (Å²) in [4.78, 5) is 27.8. The highest BCUT2D eigenvalue weighted by Crippen LogP contribution is 2.51. The molecular formula is C23H26F3N5O4S. The molecule has 4 atom stereocenters. The Balaban J connectivity index is 1.19. The van der Waals surface area contributed by atoms with Crippen LogP contribution in [-0.2, 0) is 32.5 Å². The first-order valence-electron chi connectivity index (χ1n) is 11.9. The van der Waals surface area contributed by atoms with Gasteiger partial charge in [0.2, 0.25) is 11.8 Å². The van der Waals surface area contributed by atoms with Gasteiger partial charge >= 0.3 is 6.18 Å². The first-order chi connectivity index (χ1) is 17.0. The molecule has 0 bridgehead atoms. The Morgan fingerprint density at radius 3 is 2.47 bits per heavy atom. The molecule has 0 spiro atoms. The number of rotatable bonds is 6. The van der Waals surface area contributed by atoms with E-state index in [0.29, 0.717) is 31.4 Å². The van der Waals surface area contributed by atoms with Crippen molar-refractivity contribution in [2.45, 2.75) is 44.1 Å². The number of hydrogen-bond donors (Lipinski definition) is 1. The summed E-state index contributed by atoms with van der Waals surface area (Å²) in [7, 11) is -3.73. The highest BCUT2D eigenvalue weighted by Gasteiger charge is 2.61. The lowest BCUT2D eigenvalue weighted by Crippen LogP contribution is -2.55. The molecule has 1 aliphatic carbocycles. The average molecular weight is 526 g/mol. The van der Waals surface area contributed by atoms with Gasteiger partial charge in [0.05, 0.1) is 23.5 Å². The van der Waals surface area contributed by atoms with Crippen LogP contribution in [0.1, 0.15) is 30.4 Å². The van der Waals surface area contributed by atoms with Crippen molar-refractivity contribution < 1.29 is 31.2 Å². The third kappa shape index (κ3) is 4.46. The van der Waals surface area contributed by atoms with Gasteiger partial charge in [-0.1, -0.05) is 12.1 Å². The van der Waals surface area contributed by atoms with E-state index in [1.54, 1.807) is 0 Å². The number of nitrogens with one attached hydrogen (secondary N) is 1. The third-order valence-corrected chi connectivity index (χ3v) is 9.59. The third-order valence-electron chi connectivity index (χ3n) is 7.63. The van der Waals surface area contributed by atoms with E-state index in [1.165, 1.54) is 25.6 Å². The number of fused-ring (bicyclic) bond motifs is 1. The van der Waals surface area contributed by atoms with Crippen molar-refractivity contribution in [1.29, 1.82) is 5.26 Å². The number of carbonyl (C=O) groups is 2. The van der Waals surface area contributed by atoms with Crippen LogP contribution >= 0.6 is 0 Å². The van der Waals surface area contributed by atoms with Crippen LogP contribution in [0, 0.1) is 29.1 Å². The molecule has 194 valence electrons. The van der Waals surface area contributed by atoms with E-state index in [4.69, 9.17) is 5.26 Å². The van der Waals surface area contributed by atoms with Crippen LogP contribution < -0.4 is 5.32 Å². The van der Waals surface area contributed by atoms with Crippen molar-refractivity contribution in [2.24, 2.45) is 17.8 Å². The van der Waals surface area contributed by atoms with E-state index >= 15 is 0 Å². The van der Waals surface area contributed by atoms with Crippen LogP contribution in [0.4, 0.5) is 13.2 Å². The van der Waals surface area contributed by atoms with E-state index in [0.717, 1.165) is 12.1 Å². The van der Waals surface area contributed by atoms with E-state index in [1.807, 2.05) is 0 Å². The molecule has 36 heavy (non-hydrogen) atoms. The second kappa shape index (κ2) is 9.00. The number of nitriles is 1. The van der Waals surface area contributed by atoms with Gasteiger partial charge in [0.25, 0.3) is 10.2 Å². The molecule has 4 aliphatic rings. The van der Waals surface area contributed by atoms with Crippen molar-refractivity contribution in [1.82, 2.24) is 18.8 Å². The second-order valence-electron chi connectivity index (χ2n) is 9.90. The number of amides is 2. The number of nitrogens with zero attached hydrogens (tertiary/aromatic N) is 4. The molecule has 0 aromatic heterocycles. The fourth-order valence-corrected chi connectivity index (χ4v) is 7.41. The molecular weight excluding hydrogens is 499 g/mol. The van der Waals surface area contributed by atoms with Crippen molar-refractivity contribution in [3.63, 3.8) is 0 Å². The van der Waals surface area contributed by atoms with Crippen LogP contribution in [-0.4, -0.2) is 72.0 Å². The molecule has 1 aromatic carbocycles. The summed E-state index contributed by atoms with van der Waals surface area (Å²) in [6, 6.07) is 5.66. The molecule has 3 heterocycles. The first-order valence-corrected chi connectivity index (χ1v) is 13.3. The SMILES string of the molecule is N#CC1CN(S(=O)(=O)N2CC(C(=O)N3CCC[C@@H]3C(=O)NCc3ccc(C(F)(F)F)cc3)C3CC32)C1. The predicted molar refractivity (Wildman–Crippen MR) is 120 cm³/mol. The number of alkyl halides is 3. The van der Waals surface area contributed by atoms with Gasteiger partial charge in [-0.15, -0.1) is 0 Å². The fraction of sp³-hybridized carbons (Fsp3) is 0.609. The van der Waals surface area contributed by atoms with Crippen LogP contribution in [0.15, 0.2) is 24.3 Å². The first kappa shape index (κ1) is 25.0. The smallest absolute Gasteiger partial charge is 0.350 e. The Morgan fingerprint density at radius 2 is 1.83 bits per heavy atom. The lowest BCUT2D eigenvalue weighted by molar-refractivity contribution is -0.141. The molecule has 0 radical (unpaired) electrons. The number of benzene rings is 1. The zero-order valence-electron chi connectivity index (χ0n) is 19.3. The fourth-order valence-electron chi connectivity index (χ4n) is 5.45. The Bertz CT molecular complexity index is 1190. The summed E-state index contributed by atoms with van der Waals surface area (Å²) in [6.45, 7) is 0.834. The average Bonchev–Trinajstić information content (AvgIpc) is 3.25. The maximum Gasteiger partial charge on any atom is 0.416 e. The maximum atomic E-state index is 13.4. The standard InChI is InChI=1S/C23H26F3N5O4S/c24-23(25,26)16-5-3-14(4-6-16)10-28-21(32)19-2-1-7-30(19)22(33)18-13-31(20-8-17(18)20)36(34,35)29-11-15(9-27)12-29/h3-6,15,17-20H,1-2,7-8,10-13H2,(H,28,32)/t17?,18?,19-,20?/m1/s1. The van der Waals surface area contributed by atoms with Crippen LogP contribution in [0.25, 0.3) is 0 Å². The quantitative estimate of drug-likeness (QED) is 0.602. The zero-order valence-corrected chi connectivity index (χ0v) is 20.1. The molecule has 3 saturated heterocycles. The topological polar surface area (TPSA) is 114 Å². The summed E-state index contributed by atoms with van der Waals surface area (Å²) < 4.78 is 66.8. The maximum absolute atomic E-state index is 13.4. The largest absolute Gasteiger partial charge is 0.416 e. The van der Waals surface area contributed by atoms with Gasteiger partial charge in [-0.2, -0.15) is 35.5 Å². The number of piperidine rings is 1. The summed E-state index contributed by atoms with van der Waals surface area (Å²) in [5.41, 5.74) is -0.260. The highest BCUT2D eigenvalue weighted by atomic mass is 32.2. The van der Waals surface area contributed by atoms with E-state index in [2.05, 4.69) is 11.4 Å². The molecule has 1 saturated carbocycles. The number of carbonyl (C=O) groups excluding carboxylic acids is 2. The molecule has 1 aromatic rings. The molecule has 9 nitrogen and oxygen atoms in total. The minimum atomic E-state index is -4.43. The summed E-state index contributed by atoms with van der Waals surface area (Å²) >= 11 is 0.